The van der Waals surface area contributed by atoms with Gasteiger partial charge in [0.2, 0.25) is 0 Å². The number of hydrogen-bond acceptors (Lipinski definition) is 4. The van der Waals surface area contributed by atoms with Crippen LogP contribution in [-0.2, 0) is 6.54 Å². The Morgan fingerprint density at radius 2 is 1.85 bits per heavy atom. The number of rotatable bonds is 6. The van der Waals surface area contributed by atoms with Crippen molar-refractivity contribution >= 4 is 29.0 Å². The van der Waals surface area contributed by atoms with Gasteiger partial charge in [-0.25, -0.2) is 4.98 Å². The lowest BCUT2D eigenvalue weighted by atomic mass is 10.2. The molecule has 0 aliphatic carbocycles. The lowest BCUT2D eigenvalue weighted by Crippen LogP contribution is -2.14. The molecule has 0 aliphatic rings. The number of nitrogens with one attached hydrogen (secondary N) is 2. The summed E-state index contributed by atoms with van der Waals surface area (Å²) in [5, 5.41) is 6.75. The molecule has 6 heteroatoms. The van der Waals surface area contributed by atoms with E-state index in [0.717, 1.165) is 11.3 Å². The van der Waals surface area contributed by atoms with E-state index in [2.05, 4.69) is 15.6 Å². The average molecular weight is 368 g/mol. The highest BCUT2D eigenvalue weighted by Crippen LogP contribution is 2.19. The summed E-state index contributed by atoms with van der Waals surface area (Å²) in [6.45, 7) is 0.659. The number of halogens is 1. The predicted molar refractivity (Wildman–Crippen MR) is 104 cm³/mol. The van der Waals surface area contributed by atoms with Gasteiger partial charge >= 0.3 is 0 Å². The maximum absolute atomic E-state index is 12.4. The van der Waals surface area contributed by atoms with Gasteiger partial charge in [-0.3, -0.25) is 4.79 Å². The number of pyridine rings is 1. The van der Waals surface area contributed by atoms with Crippen molar-refractivity contribution in [1.29, 1.82) is 0 Å². The molecule has 132 valence electrons. The number of ether oxygens (including phenoxy) is 1. The normalized spacial score (nSPS) is 10.2. The largest absolute Gasteiger partial charge is 0.496 e. The minimum Gasteiger partial charge on any atom is -0.496 e. The molecule has 0 saturated carbocycles. The molecule has 0 atom stereocenters. The predicted octanol–water partition coefficient (Wildman–Crippen LogP) is 4.61. The van der Waals surface area contributed by atoms with E-state index in [1.807, 2.05) is 36.4 Å². The van der Waals surface area contributed by atoms with Crippen LogP contribution in [0.4, 0.5) is 11.5 Å². The summed E-state index contributed by atoms with van der Waals surface area (Å²) < 4.78 is 5.21. The molecule has 0 aliphatic heterocycles. The zero-order chi connectivity index (χ0) is 18.4. The van der Waals surface area contributed by atoms with E-state index in [9.17, 15) is 4.79 Å². The summed E-state index contributed by atoms with van der Waals surface area (Å²) in [4.78, 5) is 16.6. The SMILES string of the molecule is COc1ccccc1C(=O)Nc1ccc(NCc2ccc(Cl)cc2)cn1. The Morgan fingerprint density at radius 3 is 2.54 bits per heavy atom. The topological polar surface area (TPSA) is 63.2 Å². The van der Waals surface area contributed by atoms with Crippen LogP contribution in [0.2, 0.25) is 5.02 Å². The Labute approximate surface area is 157 Å². The number of anilines is 2. The van der Waals surface area contributed by atoms with Crippen LogP contribution in [0.3, 0.4) is 0 Å². The van der Waals surface area contributed by atoms with Crippen molar-refractivity contribution < 1.29 is 9.53 Å². The summed E-state index contributed by atoms with van der Waals surface area (Å²) in [5.74, 6) is 0.723. The van der Waals surface area contributed by atoms with E-state index in [1.165, 1.54) is 7.11 Å². The zero-order valence-corrected chi connectivity index (χ0v) is 15.0. The highest BCUT2D eigenvalue weighted by atomic mass is 35.5. The van der Waals surface area contributed by atoms with Crippen LogP contribution in [0.1, 0.15) is 15.9 Å². The van der Waals surface area contributed by atoms with Crippen LogP contribution in [0.5, 0.6) is 5.75 Å². The Bertz CT molecular complexity index is 880. The van der Waals surface area contributed by atoms with Crippen molar-refractivity contribution in [2.24, 2.45) is 0 Å². The minimum absolute atomic E-state index is 0.267. The molecular weight excluding hydrogens is 350 g/mol. The van der Waals surface area contributed by atoms with Gasteiger partial charge in [0, 0.05) is 11.6 Å². The number of para-hydroxylation sites is 1. The first-order chi connectivity index (χ1) is 12.7. The Kier molecular flexibility index (Phi) is 5.71. The minimum atomic E-state index is -0.267. The van der Waals surface area contributed by atoms with Crippen LogP contribution in [0.25, 0.3) is 0 Å². The van der Waals surface area contributed by atoms with Gasteiger partial charge in [-0.2, -0.15) is 0 Å². The zero-order valence-electron chi connectivity index (χ0n) is 14.2. The van der Waals surface area contributed by atoms with E-state index >= 15 is 0 Å². The molecule has 0 fully saturated rings. The van der Waals surface area contributed by atoms with E-state index in [1.54, 1.807) is 30.5 Å². The van der Waals surface area contributed by atoms with Gasteiger partial charge in [0.25, 0.3) is 5.91 Å². The summed E-state index contributed by atoms with van der Waals surface area (Å²) in [5.41, 5.74) is 2.43. The number of aromatic nitrogens is 1. The van der Waals surface area contributed by atoms with Crippen LogP contribution in [0.15, 0.2) is 66.9 Å². The van der Waals surface area contributed by atoms with Gasteiger partial charge in [0.05, 0.1) is 24.6 Å². The van der Waals surface area contributed by atoms with Gasteiger partial charge in [-0.05, 0) is 42.0 Å². The maximum atomic E-state index is 12.4. The molecule has 2 N–H and O–H groups in total. The quantitative estimate of drug-likeness (QED) is 0.668. The summed E-state index contributed by atoms with van der Waals surface area (Å²) in [6, 6.07) is 18.3. The van der Waals surface area contributed by atoms with Crippen molar-refractivity contribution in [3.63, 3.8) is 0 Å². The second-order valence-electron chi connectivity index (χ2n) is 5.57. The number of amides is 1. The molecule has 1 amide bonds. The second-order valence-corrected chi connectivity index (χ2v) is 6.00. The van der Waals surface area contributed by atoms with E-state index in [-0.39, 0.29) is 5.91 Å². The van der Waals surface area contributed by atoms with Gasteiger partial charge < -0.3 is 15.4 Å². The molecule has 26 heavy (non-hydrogen) atoms. The molecule has 3 rings (SSSR count). The fourth-order valence-electron chi connectivity index (χ4n) is 2.39. The lowest BCUT2D eigenvalue weighted by Gasteiger charge is -2.10. The number of nitrogens with zero attached hydrogens (tertiary/aromatic N) is 1. The molecule has 0 spiro atoms. The lowest BCUT2D eigenvalue weighted by molar-refractivity contribution is 0.102. The molecule has 0 radical (unpaired) electrons. The van der Waals surface area contributed by atoms with Gasteiger partial charge in [0.15, 0.2) is 0 Å². The monoisotopic (exact) mass is 367 g/mol. The van der Waals surface area contributed by atoms with Crippen molar-refractivity contribution in [1.82, 2.24) is 4.98 Å². The number of benzene rings is 2. The third kappa shape index (κ3) is 4.52. The molecule has 3 aromatic rings. The van der Waals surface area contributed by atoms with Crippen LogP contribution in [0, 0.1) is 0 Å². The first kappa shape index (κ1) is 17.8. The highest BCUT2D eigenvalue weighted by molar-refractivity contribution is 6.30. The summed E-state index contributed by atoms with van der Waals surface area (Å²) in [7, 11) is 1.53. The van der Waals surface area contributed by atoms with E-state index in [4.69, 9.17) is 16.3 Å². The maximum Gasteiger partial charge on any atom is 0.260 e. The fourth-order valence-corrected chi connectivity index (χ4v) is 2.52. The molecule has 1 heterocycles. The van der Waals surface area contributed by atoms with Crippen molar-refractivity contribution in [2.45, 2.75) is 6.54 Å². The smallest absolute Gasteiger partial charge is 0.260 e. The van der Waals surface area contributed by atoms with Gasteiger partial charge in [0.1, 0.15) is 11.6 Å². The number of methoxy groups -OCH3 is 1. The molecule has 0 saturated heterocycles. The second kappa shape index (κ2) is 8.36. The number of carbonyl (C=O) groups excluding carboxylic acids is 1. The van der Waals surface area contributed by atoms with Crippen LogP contribution < -0.4 is 15.4 Å². The van der Waals surface area contributed by atoms with Crippen LogP contribution >= 0.6 is 11.6 Å². The third-order valence-corrected chi connectivity index (χ3v) is 4.02. The van der Waals surface area contributed by atoms with Crippen LogP contribution in [-0.4, -0.2) is 18.0 Å². The number of hydrogen-bond donors (Lipinski definition) is 2. The summed E-state index contributed by atoms with van der Waals surface area (Å²) >= 11 is 5.88. The molecule has 1 aromatic heterocycles. The molecule has 2 aromatic carbocycles. The Balaban J connectivity index is 1.60. The molecule has 5 nitrogen and oxygen atoms in total. The molecule has 0 unspecified atom stereocenters. The first-order valence-corrected chi connectivity index (χ1v) is 8.42. The average Bonchev–Trinajstić information content (AvgIpc) is 2.68. The fraction of sp³-hybridized carbons (Fsp3) is 0.100. The van der Waals surface area contributed by atoms with Crippen molar-refractivity contribution in [3.8, 4) is 5.75 Å². The van der Waals surface area contributed by atoms with Crippen molar-refractivity contribution in [3.05, 3.63) is 83.0 Å². The number of carbonyl (C=O) groups is 1. The Morgan fingerprint density at radius 1 is 1.08 bits per heavy atom. The van der Waals surface area contributed by atoms with E-state index < -0.39 is 0 Å². The highest BCUT2D eigenvalue weighted by Gasteiger charge is 2.12. The van der Waals surface area contributed by atoms with Crippen molar-refractivity contribution in [2.75, 3.05) is 17.7 Å². The third-order valence-electron chi connectivity index (χ3n) is 3.77. The first-order valence-electron chi connectivity index (χ1n) is 8.04. The molecular formula is C20H18ClN3O2. The standard InChI is InChI=1S/C20H18ClN3O2/c1-26-18-5-3-2-4-17(18)20(25)24-19-11-10-16(13-23-19)22-12-14-6-8-15(21)9-7-14/h2-11,13,22H,12H2,1H3,(H,23,24,25). The Hall–Kier alpha value is -3.05. The van der Waals surface area contributed by atoms with Gasteiger partial charge in [-0.15, -0.1) is 0 Å². The van der Waals surface area contributed by atoms with E-state index in [0.29, 0.717) is 28.7 Å². The van der Waals surface area contributed by atoms with Gasteiger partial charge in [-0.1, -0.05) is 35.9 Å². The summed E-state index contributed by atoms with van der Waals surface area (Å²) in [6.07, 6.45) is 1.67. The molecule has 0 bridgehead atoms.